The number of carbonyl (C=O) groups is 1. The van der Waals surface area contributed by atoms with E-state index in [1.807, 2.05) is 46.1 Å². The number of hydrogen-bond acceptors (Lipinski definition) is 3. The summed E-state index contributed by atoms with van der Waals surface area (Å²) >= 11 is 5.17. The zero-order valence-corrected chi connectivity index (χ0v) is 16.2. The Balaban J connectivity index is 2.00. The van der Waals surface area contributed by atoms with Gasteiger partial charge >= 0.3 is 6.03 Å². The van der Waals surface area contributed by atoms with Crippen molar-refractivity contribution >= 4 is 39.0 Å². The lowest BCUT2D eigenvalue weighted by molar-refractivity contribution is 0.244. The van der Waals surface area contributed by atoms with Crippen LogP contribution >= 0.6 is 27.3 Å². The van der Waals surface area contributed by atoms with Crippen molar-refractivity contribution in [2.75, 3.05) is 26.0 Å². The Morgan fingerprint density at radius 3 is 2.48 bits per heavy atom. The number of benzene rings is 1. The van der Waals surface area contributed by atoms with Crippen LogP contribution in [0.25, 0.3) is 0 Å². The van der Waals surface area contributed by atoms with E-state index in [1.54, 1.807) is 11.3 Å². The molecule has 0 spiro atoms. The minimum Gasteiger partial charge on any atom is -0.336 e. The summed E-state index contributed by atoms with van der Waals surface area (Å²) in [5, 5.41) is 7.99. The number of rotatable bonds is 5. The lowest BCUT2D eigenvalue weighted by Crippen LogP contribution is -2.36. The highest BCUT2D eigenvalue weighted by molar-refractivity contribution is 9.10. The van der Waals surface area contributed by atoms with Gasteiger partial charge in [0, 0.05) is 21.6 Å². The molecule has 124 valence electrons. The Hall–Kier alpha value is -1.37. The summed E-state index contributed by atoms with van der Waals surface area (Å²) in [5.74, 6) is 0. The van der Waals surface area contributed by atoms with Gasteiger partial charge < -0.3 is 15.5 Å². The quantitative estimate of drug-likeness (QED) is 0.779. The van der Waals surface area contributed by atoms with Crippen LogP contribution in [-0.2, 0) is 0 Å². The largest absolute Gasteiger partial charge is 0.336 e. The third-order valence-corrected chi connectivity index (χ3v) is 5.12. The van der Waals surface area contributed by atoms with Gasteiger partial charge in [-0.2, -0.15) is 0 Å². The second-order valence-corrected chi connectivity index (χ2v) is 7.64. The molecule has 23 heavy (non-hydrogen) atoms. The molecule has 0 aliphatic rings. The van der Waals surface area contributed by atoms with Crippen molar-refractivity contribution in [2.24, 2.45) is 0 Å². The smallest absolute Gasteiger partial charge is 0.319 e. The molecule has 4 nitrogen and oxygen atoms in total. The van der Waals surface area contributed by atoms with Gasteiger partial charge in [0.25, 0.3) is 0 Å². The Kier molecular flexibility index (Phi) is 6.21. The number of nitrogens with zero attached hydrogens (tertiary/aromatic N) is 1. The van der Waals surface area contributed by atoms with Crippen LogP contribution in [0.15, 0.2) is 34.1 Å². The number of hydrogen-bond donors (Lipinski definition) is 2. The zero-order chi connectivity index (χ0) is 17.0. The molecule has 1 unspecified atom stereocenters. The predicted octanol–water partition coefficient (Wildman–Crippen LogP) is 4.55. The number of carbonyl (C=O) groups excluding carboxylic acids is 1. The third kappa shape index (κ3) is 4.80. The third-order valence-electron chi connectivity index (χ3n) is 3.69. The van der Waals surface area contributed by atoms with Gasteiger partial charge in [0.15, 0.2) is 0 Å². The minimum absolute atomic E-state index is 0.174. The summed E-state index contributed by atoms with van der Waals surface area (Å²) < 4.78 is 1.02. The SMILES string of the molecule is Cc1cc(Br)cc(C)c1NC(=O)NCC(c1cccs1)N(C)C. The molecule has 0 bridgehead atoms. The fourth-order valence-electron chi connectivity index (χ4n) is 2.47. The van der Waals surface area contributed by atoms with E-state index in [4.69, 9.17) is 0 Å². The van der Waals surface area contributed by atoms with Crippen molar-refractivity contribution in [1.29, 1.82) is 0 Å². The molecule has 2 rings (SSSR count). The zero-order valence-electron chi connectivity index (χ0n) is 13.8. The van der Waals surface area contributed by atoms with E-state index in [0.717, 1.165) is 21.3 Å². The number of halogens is 1. The molecule has 1 aromatic carbocycles. The van der Waals surface area contributed by atoms with Gasteiger partial charge in [0.1, 0.15) is 0 Å². The monoisotopic (exact) mass is 395 g/mol. The van der Waals surface area contributed by atoms with E-state index in [2.05, 4.69) is 42.9 Å². The second-order valence-electron chi connectivity index (χ2n) is 5.74. The summed E-state index contributed by atoms with van der Waals surface area (Å²) in [6.45, 7) is 4.54. The van der Waals surface area contributed by atoms with E-state index in [0.29, 0.717) is 6.54 Å². The number of urea groups is 1. The fourth-order valence-corrected chi connectivity index (χ4v) is 4.08. The average Bonchev–Trinajstić information content (AvgIpc) is 2.96. The Labute approximate surface area is 150 Å². The molecule has 1 atom stereocenters. The van der Waals surface area contributed by atoms with E-state index >= 15 is 0 Å². The maximum atomic E-state index is 12.2. The van der Waals surface area contributed by atoms with Crippen LogP contribution in [0.5, 0.6) is 0 Å². The first-order chi connectivity index (χ1) is 10.9. The standard InChI is InChI=1S/C17H22BrN3OS/c1-11-8-13(18)9-12(2)16(11)20-17(22)19-10-14(21(3)4)15-6-5-7-23-15/h5-9,14H,10H2,1-4H3,(H2,19,20,22). The molecule has 0 aliphatic carbocycles. The summed E-state index contributed by atoms with van der Waals surface area (Å²) in [6.07, 6.45) is 0. The molecule has 0 radical (unpaired) electrons. The number of amides is 2. The first kappa shape index (κ1) is 18.0. The minimum atomic E-state index is -0.179. The van der Waals surface area contributed by atoms with Crippen molar-refractivity contribution < 1.29 is 4.79 Å². The van der Waals surface area contributed by atoms with Crippen molar-refractivity contribution in [2.45, 2.75) is 19.9 Å². The molecular weight excluding hydrogens is 374 g/mol. The Morgan fingerprint density at radius 1 is 1.30 bits per heavy atom. The predicted molar refractivity (Wildman–Crippen MR) is 101 cm³/mol. The molecule has 2 amide bonds. The number of anilines is 1. The van der Waals surface area contributed by atoms with Crippen molar-refractivity contribution in [3.63, 3.8) is 0 Å². The highest BCUT2D eigenvalue weighted by atomic mass is 79.9. The highest BCUT2D eigenvalue weighted by Crippen LogP contribution is 2.25. The van der Waals surface area contributed by atoms with E-state index in [1.165, 1.54) is 4.88 Å². The van der Waals surface area contributed by atoms with Gasteiger partial charge in [0.2, 0.25) is 0 Å². The highest BCUT2D eigenvalue weighted by Gasteiger charge is 2.16. The van der Waals surface area contributed by atoms with Crippen LogP contribution in [0.4, 0.5) is 10.5 Å². The molecule has 2 N–H and O–H groups in total. The summed E-state index contributed by atoms with van der Waals surface area (Å²) in [7, 11) is 4.04. The summed E-state index contributed by atoms with van der Waals surface area (Å²) in [4.78, 5) is 15.6. The number of thiophene rings is 1. The molecule has 1 aromatic heterocycles. The molecule has 6 heteroatoms. The van der Waals surface area contributed by atoms with Crippen molar-refractivity contribution in [1.82, 2.24) is 10.2 Å². The van der Waals surface area contributed by atoms with Gasteiger partial charge in [-0.3, -0.25) is 0 Å². The van der Waals surface area contributed by atoms with E-state index in [-0.39, 0.29) is 12.1 Å². The molecule has 0 saturated carbocycles. The number of likely N-dealkylation sites (N-methyl/N-ethyl adjacent to an activating group) is 1. The van der Waals surface area contributed by atoms with Gasteiger partial charge in [0.05, 0.1) is 6.04 Å². The van der Waals surface area contributed by atoms with Gasteiger partial charge in [-0.25, -0.2) is 4.79 Å². The first-order valence-electron chi connectivity index (χ1n) is 7.40. The van der Waals surface area contributed by atoms with E-state index in [9.17, 15) is 4.79 Å². The second kappa shape index (κ2) is 7.95. The summed E-state index contributed by atoms with van der Waals surface area (Å²) in [5.41, 5.74) is 2.94. The Bertz CT molecular complexity index is 647. The van der Waals surface area contributed by atoms with E-state index < -0.39 is 0 Å². The van der Waals surface area contributed by atoms with Crippen LogP contribution in [-0.4, -0.2) is 31.6 Å². The normalized spacial score (nSPS) is 12.3. The maximum absolute atomic E-state index is 12.2. The molecule has 0 saturated heterocycles. The van der Waals surface area contributed by atoms with Crippen LogP contribution in [0.3, 0.4) is 0 Å². The molecular formula is C17H22BrN3OS. The van der Waals surface area contributed by atoms with Crippen LogP contribution in [0, 0.1) is 13.8 Å². The van der Waals surface area contributed by atoms with Crippen molar-refractivity contribution in [3.05, 3.63) is 50.1 Å². The number of aryl methyl sites for hydroxylation is 2. The molecule has 2 aromatic rings. The summed E-state index contributed by atoms with van der Waals surface area (Å²) in [6, 6.07) is 8.12. The van der Waals surface area contributed by atoms with Crippen LogP contribution < -0.4 is 10.6 Å². The first-order valence-corrected chi connectivity index (χ1v) is 9.07. The van der Waals surface area contributed by atoms with Gasteiger partial charge in [-0.1, -0.05) is 22.0 Å². The van der Waals surface area contributed by atoms with Crippen molar-refractivity contribution in [3.8, 4) is 0 Å². The fraction of sp³-hybridized carbons (Fsp3) is 0.353. The maximum Gasteiger partial charge on any atom is 0.319 e. The van der Waals surface area contributed by atoms with Crippen LogP contribution in [0.2, 0.25) is 0 Å². The lowest BCUT2D eigenvalue weighted by atomic mass is 10.1. The molecule has 1 heterocycles. The van der Waals surface area contributed by atoms with Gasteiger partial charge in [-0.05, 0) is 62.6 Å². The van der Waals surface area contributed by atoms with Crippen LogP contribution in [0.1, 0.15) is 22.0 Å². The topological polar surface area (TPSA) is 44.4 Å². The Morgan fingerprint density at radius 2 is 1.96 bits per heavy atom. The van der Waals surface area contributed by atoms with Gasteiger partial charge in [-0.15, -0.1) is 11.3 Å². The molecule has 0 aliphatic heterocycles. The number of nitrogens with one attached hydrogen (secondary N) is 2. The average molecular weight is 396 g/mol. The molecule has 0 fully saturated rings. The lowest BCUT2D eigenvalue weighted by Gasteiger charge is -2.24.